The molecule has 7 atom stereocenters. The van der Waals surface area contributed by atoms with Crippen molar-refractivity contribution < 1.29 is 39.2 Å². The molecule has 0 saturated carbocycles. The van der Waals surface area contributed by atoms with Crippen molar-refractivity contribution in [3.05, 3.63) is 112 Å². The van der Waals surface area contributed by atoms with E-state index in [-0.39, 0.29) is 76.6 Å². The summed E-state index contributed by atoms with van der Waals surface area (Å²) >= 11 is 5.40. The van der Waals surface area contributed by atoms with Crippen molar-refractivity contribution in [3.8, 4) is 46.4 Å². The molecule has 5 aliphatic carbocycles. The molecule has 2 saturated heterocycles. The number of aliphatic hydroxyl groups is 1. The van der Waals surface area contributed by atoms with Gasteiger partial charge in [-0.05, 0) is 130 Å². The van der Waals surface area contributed by atoms with Gasteiger partial charge in [-0.25, -0.2) is 0 Å². The molecule has 0 spiro atoms. The lowest BCUT2D eigenvalue weighted by Gasteiger charge is -2.58. The van der Waals surface area contributed by atoms with Crippen molar-refractivity contribution in [3.63, 3.8) is 0 Å². The molecule has 9 rings (SSSR count). The molecule has 2 aromatic rings. The average Bonchev–Trinajstić information content (AvgIpc) is 3.26. The first-order valence-electron chi connectivity index (χ1n) is 20.5. The second-order valence-electron chi connectivity index (χ2n) is 16.6. The number of Topliss-reactive ketones (excluding diaryl/α,β-unsaturated/α-hetero) is 2. The molecule has 12 heteroatoms. The Hall–Kier alpha value is -5.55. The Morgan fingerprint density at radius 1 is 0.806 bits per heavy atom. The van der Waals surface area contributed by atoms with E-state index in [4.69, 9.17) is 9.47 Å². The van der Waals surface area contributed by atoms with Crippen LogP contribution >= 0.6 is 24.4 Å². The first-order chi connectivity index (χ1) is 29.8. The summed E-state index contributed by atoms with van der Waals surface area (Å²) in [5.74, 6) is 12.5. The highest BCUT2D eigenvalue weighted by molar-refractivity contribution is 7.99. The molecular weight excluding hydrogens is 821 g/mol. The average molecular weight is 871 g/mol. The minimum absolute atomic E-state index is 0.000573. The molecule has 0 aromatic heterocycles. The lowest BCUT2D eigenvalue weighted by atomic mass is 9.53. The van der Waals surface area contributed by atoms with Crippen molar-refractivity contribution in [1.29, 1.82) is 0 Å². The zero-order valence-corrected chi connectivity index (χ0v) is 37.3. The summed E-state index contributed by atoms with van der Waals surface area (Å²) in [6, 6.07) is 12.1. The SMILES string of the molecule is CC#CC#CC#CS.COC1=CC2[C@@H]3C=C4C=CC(=O)C(O)=C4[C@]2(CCN3C)CC1=O.COC1=CC2[C@@H]3[C@H](Sc4ccccc4C)c4ccc(O)c(O)c4[C@]2(CCN3C)CC1=O. The molecule has 0 radical (unpaired) electrons. The van der Waals surface area contributed by atoms with E-state index in [0.29, 0.717) is 17.1 Å². The van der Waals surface area contributed by atoms with Crippen molar-refractivity contribution in [2.24, 2.45) is 17.3 Å². The maximum atomic E-state index is 12.9. The second kappa shape index (κ2) is 18.0. The summed E-state index contributed by atoms with van der Waals surface area (Å²) in [5, 5.41) is 34.3. The van der Waals surface area contributed by atoms with Gasteiger partial charge in [-0.3, -0.25) is 19.3 Å². The molecule has 320 valence electrons. The fourth-order valence-corrected chi connectivity index (χ4v) is 12.2. The second-order valence-corrected chi connectivity index (χ2v) is 18.0. The third-order valence-electron chi connectivity index (χ3n) is 13.5. The topological polar surface area (TPSA) is 137 Å². The number of aromatic hydroxyl groups is 2. The number of likely N-dealkylation sites (tertiary alicyclic amines) is 2. The molecule has 2 aromatic carbocycles. The van der Waals surface area contributed by atoms with Gasteiger partial charge in [-0.1, -0.05) is 55.0 Å². The van der Waals surface area contributed by atoms with Crippen LogP contribution in [-0.4, -0.2) is 96.0 Å². The van der Waals surface area contributed by atoms with Crippen LogP contribution in [0, 0.1) is 59.0 Å². The molecule has 2 unspecified atom stereocenters. The number of allylic oxidation sites excluding steroid dienone is 6. The number of phenols is 2. The van der Waals surface area contributed by atoms with Gasteiger partial charge in [0.15, 0.2) is 40.3 Å². The van der Waals surface area contributed by atoms with Crippen molar-refractivity contribution >= 4 is 41.7 Å². The summed E-state index contributed by atoms with van der Waals surface area (Å²) < 4.78 is 10.7. The number of thiol groups is 1. The Labute approximate surface area is 373 Å². The van der Waals surface area contributed by atoms with Crippen LogP contribution in [0.4, 0.5) is 0 Å². The monoisotopic (exact) mass is 870 g/mol. The van der Waals surface area contributed by atoms with E-state index in [1.165, 1.54) is 23.6 Å². The number of nitrogens with zero attached hydrogens (tertiary/aromatic N) is 2. The quantitative estimate of drug-likeness (QED) is 0.145. The number of piperidine rings is 2. The minimum Gasteiger partial charge on any atom is -0.504 e. The number of carbonyl (C=O) groups excluding carboxylic acids is 3. The Kier molecular flexibility index (Phi) is 13.0. The number of methoxy groups -OCH3 is 2. The molecule has 0 amide bonds. The zero-order chi connectivity index (χ0) is 44.5. The number of aliphatic hydroxyl groups excluding tert-OH is 1. The number of rotatable bonds is 4. The predicted molar refractivity (Wildman–Crippen MR) is 242 cm³/mol. The summed E-state index contributed by atoms with van der Waals surface area (Å²) in [4.78, 5) is 43.2. The van der Waals surface area contributed by atoms with Gasteiger partial charge in [-0.15, -0.1) is 11.8 Å². The van der Waals surface area contributed by atoms with Gasteiger partial charge in [-0.2, -0.15) is 0 Å². The standard InChI is InChI=1S/C25H27NO4S.C18H19NO4.C7H4S/c1-14-6-4-5-7-20(14)31-24-15-8-9-17(27)23(29)21(15)25-10-11-26(2)22(24)16(25)12-19(30-3)18(28)13-25;1-19-6-5-18-9-14(21)15(23-2)8-11(18)12(19)7-10-3-4-13(20)17(22)16(10)18;1-2-3-4-5-6-7-8/h4-9,12,16,22,24,27,29H,10-11,13H2,1-3H3;3-4,7-8,11-12,22H,5-6,9H2,1-2H3;8H,1H3/t16?,22-,24-,25-;11?,12-,18+;/m10./s1. The highest BCUT2D eigenvalue weighted by Crippen LogP contribution is 2.63. The number of ketones is 3. The molecule has 2 aliphatic heterocycles. The fourth-order valence-electron chi connectivity index (χ4n) is 10.6. The minimum atomic E-state index is -0.531. The lowest BCUT2D eigenvalue weighted by molar-refractivity contribution is -0.124. The molecule has 2 heterocycles. The van der Waals surface area contributed by atoms with Crippen molar-refractivity contribution in [2.75, 3.05) is 41.4 Å². The van der Waals surface area contributed by atoms with Gasteiger partial charge in [0.2, 0.25) is 5.78 Å². The normalized spacial score (nSPS) is 28.8. The first-order valence-corrected chi connectivity index (χ1v) is 21.8. The van der Waals surface area contributed by atoms with Gasteiger partial charge in [0.05, 0.1) is 19.5 Å². The van der Waals surface area contributed by atoms with Crippen LogP contribution in [0.2, 0.25) is 0 Å². The predicted octanol–water partition coefficient (Wildman–Crippen LogP) is 6.91. The third kappa shape index (κ3) is 7.67. The van der Waals surface area contributed by atoms with Crippen LogP contribution in [0.3, 0.4) is 0 Å². The highest BCUT2D eigenvalue weighted by Gasteiger charge is 2.60. The third-order valence-corrected chi connectivity index (χ3v) is 15.1. The summed E-state index contributed by atoms with van der Waals surface area (Å²) in [5.41, 5.74) is 3.45. The summed E-state index contributed by atoms with van der Waals surface area (Å²) in [6.45, 7) is 5.48. The lowest BCUT2D eigenvalue weighted by Crippen LogP contribution is -2.61. The van der Waals surface area contributed by atoms with E-state index >= 15 is 0 Å². The number of hydrogen-bond acceptors (Lipinski definition) is 12. The van der Waals surface area contributed by atoms with E-state index in [0.717, 1.165) is 42.6 Å². The number of carbonyl (C=O) groups is 3. The van der Waals surface area contributed by atoms with Crippen molar-refractivity contribution in [1.82, 2.24) is 9.80 Å². The van der Waals surface area contributed by atoms with Gasteiger partial charge < -0.3 is 29.7 Å². The fraction of sp³-hybridized carbons (Fsp3) is 0.380. The molecule has 10 nitrogen and oxygen atoms in total. The van der Waals surface area contributed by atoms with Gasteiger partial charge in [0, 0.05) is 63.6 Å². The number of thioether (sulfide) groups is 1. The van der Waals surface area contributed by atoms with Crippen molar-refractivity contribution in [2.45, 2.75) is 67.2 Å². The number of aryl methyl sites for hydroxylation is 1. The van der Waals surface area contributed by atoms with E-state index in [1.807, 2.05) is 30.4 Å². The Morgan fingerprint density at radius 2 is 1.45 bits per heavy atom. The number of hydrogen-bond donors (Lipinski definition) is 4. The number of phenolic OH excluding ortho intramolecular Hbond substituents is 2. The maximum Gasteiger partial charge on any atom is 0.220 e. The zero-order valence-electron chi connectivity index (χ0n) is 35.6. The maximum absolute atomic E-state index is 12.9. The van der Waals surface area contributed by atoms with E-state index in [1.54, 1.807) is 37.9 Å². The van der Waals surface area contributed by atoms with Gasteiger partial charge in [0.25, 0.3) is 0 Å². The highest BCUT2D eigenvalue weighted by atomic mass is 32.2. The van der Waals surface area contributed by atoms with Gasteiger partial charge in [0.1, 0.15) is 0 Å². The Balaban J connectivity index is 0.000000164. The van der Waals surface area contributed by atoms with E-state index < -0.39 is 10.8 Å². The first kappa shape index (κ1) is 44.5. The van der Waals surface area contributed by atoms with E-state index in [9.17, 15) is 29.7 Å². The van der Waals surface area contributed by atoms with Crippen LogP contribution in [0.1, 0.15) is 54.5 Å². The smallest absolute Gasteiger partial charge is 0.220 e. The number of ether oxygens (including phenoxy) is 2. The van der Waals surface area contributed by atoms with Crippen LogP contribution in [0.15, 0.2) is 100 Å². The molecule has 3 N–H and O–H groups in total. The Morgan fingerprint density at radius 3 is 2.13 bits per heavy atom. The largest absolute Gasteiger partial charge is 0.504 e. The van der Waals surface area contributed by atoms with Crippen LogP contribution in [-0.2, 0) is 29.3 Å². The van der Waals surface area contributed by atoms with Crippen LogP contribution < -0.4 is 0 Å². The van der Waals surface area contributed by atoms with Crippen LogP contribution in [0.25, 0.3) is 0 Å². The molecular formula is C50H50N2O8S2. The van der Waals surface area contributed by atoms with Crippen LogP contribution in [0.5, 0.6) is 11.5 Å². The number of likely N-dealkylation sites (N-methyl/N-ethyl adjacent to an activating group) is 2. The number of fused-ring (bicyclic) bond motifs is 2. The summed E-state index contributed by atoms with van der Waals surface area (Å²) in [7, 11) is 7.26. The molecule has 2 fully saturated rings. The van der Waals surface area contributed by atoms with Gasteiger partial charge >= 0.3 is 0 Å². The van der Waals surface area contributed by atoms with E-state index in [2.05, 4.69) is 96.5 Å². The molecule has 62 heavy (non-hydrogen) atoms. The molecule has 7 aliphatic rings. The summed E-state index contributed by atoms with van der Waals surface area (Å²) in [6.07, 6.45) is 11.2. The Bertz CT molecular complexity index is 2550. The number of benzene rings is 2. The molecule has 4 bridgehead atoms.